The van der Waals surface area contributed by atoms with Crippen molar-refractivity contribution in [2.75, 3.05) is 44.3 Å². The molecular weight excluding hydrogens is 274 g/mol. The average Bonchev–Trinajstić information content (AvgIpc) is 2.93. The summed E-state index contributed by atoms with van der Waals surface area (Å²) in [5.41, 5.74) is 5.50. The number of fused-ring (bicyclic) bond motifs is 1. The summed E-state index contributed by atoms with van der Waals surface area (Å²) in [6.07, 6.45) is 5.73. The van der Waals surface area contributed by atoms with Gasteiger partial charge in [0.15, 0.2) is 0 Å². The maximum Gasteiger partial charge on any atom is 0.0642 e. The molecule has 2 aliphatic heterocycles. The first kappa shape index (κ1) is 13.9. The summed E-state index contributed by atoms with van der Waals surface area (Å²) in [5, 5.41) is 4.77. The zero-order valence-corrected chi connectivity index (χ0v) is 13.1. The average molecular weight is 297 g/mol. The number of nitrogens with zero attached hydrogens (tertiary/aromatic N) is 2. The topological polar surface area (TPSA) is 29.4 Å². The SMILES string of the molecule is Cn1cc(C2=CCNCC2)c2cc(N3CCOCC3)ccc21. The van der Waals surface area contributed by atoms with E-state index in [1.807, 2.05) is 0 Å². The van der Waals surface area contributed by atoms with Gasteiger partial charge in [0.25, 0.3) is 0 Å². The van der Waals surface area contributed by atoms with Crippen molar-refractivity contribution in [3.8, 4) is 0 Å². The van der Waals surface area contributed by atoms with Gasteiger partial charge in [-0.3, -0.25) is 0 Å². The van der Waals surface area contributed by atoms with Crippen molar-refractivity contribution >= 4 is 22.2 Å². The molecule has 1 fully saturated rings. The number of aryl methyl sites for hydroxylation is 1. The molecule has 0 bridgehead atoms. The second-order valence-corrected chi connectivity index (χ2v) is 6.14. The molecule has 0 spiro atoms. The van der Waals surface area contributed by atoms with E-state index in [0.717, 1.165) is 45.8 Å². The number of rotatable bonds is 2. The lowest BCUT2D eigenvalue weighted by molar-refractivity contribution is 0.122. The van der Waals surface area contributed by atoms with E-state index < -0.39 is 0 Å². The van der Waals surface area contributed by atoms with Crippen molar-refractivity contribution in [2.24, 2.45) is 7.05 Å². The molecule has 0 atom stereocenters. The van der Waals surface area contributed by atoms with Crippen LogP contribution in [0.2, 0.25) is 0 Å². The van der Waals surface area contributed by atoms with Gasteiger partial charge in [0.2, 0.25) is 0 Å². The van der Waals surface area contributed by atoms with E-state index in [0.29, 0.717) is 0 Å². The lowest BCUT2D eigenvalue weighted by atomic mass is 9.99. The number of nitrogens with one attached hydrogen (secondary N) is 1. The number of morpholine rings is 1. The quantitative estimate of drug-likeness (QED) is 0.923. The fraction of sp³-hybridized carbons (Fsp3) is 0.444. The molecule has 2 aliphatic rings. The predicted molar refractivity (Wildman–Crippen MR) is 91.4 cm³/mol. The Balaban J connectivity index is 1.78. The largest absolute Gasteiger partial charge is 0.378 e. The van der Waals surface area contributed by atoms with Crippen molar-refractivity contribution in [1.29, 1.82) is 0 Å². The molecule has 0 aliphatic carbocycles. The summed E-state index contributed by atoms with van der Waals surface area (Å²) in [5.74, 6) is 0. The highest BCUT2D eigenvalue weighted by Crippen LogP contribution is 2.32. The summed E-state index contributed by atoms with van der Waals surface area (Å²) in [6.45, 7) is 5.69. The van der Waals surface area contributed by atoms with E-state index >= 15 is 0 Å². The van der Waals surface area contributed by atoms with Crippen LogP contribution in [0.1, 0.15) is 12.0 Å². The van der Waals surface area contributed by atoms with Crippen LogP contribution in [0.25, 0.3) is 16.5 Å². The Morgan fingerprint density at radius 2 is 2.05 bits per heavy atom. The Labute approximate surface area is 131 Å². The normalized spacial score (nSPS) is 19.5. The molecule has 4 rings (SSSR count). The number of ether oxygens (including phenoxy) is 1. The van der Waals surface area contributed by atoms with Gasteiger partial charge in [0.05, 0.1) is 13.2 Å². The zero-order chi connectivity index (χ0) is 14.9. The smallest absolute Gasteiger partial charge is 0.0642 e. The van der Waals surface area contributed by atoms with E-state index in [1.165, 1.54) is 27.7 Å². The molecule has 116 valence electrons. The van der Waals surface area contributed by atoms with Crippen LogP contribution < -0.4 is 10.2 Å². The van der Waals surface area contributed by atoms with E-state index in [-0.39, 0.29) is 0 Å². The monoisotopic (exact) mass is 297 g/mol. The lowest BCUT2D eigenvalue weighted by Gasteiger charge is -2.29. The molecule has 4 nitrogen and oxygen atoms in total. The van der Waals surface area contributed by atoms with Crippen molar-refractivity contribution < 1.29 is 4.74 Å². The van der Waals surface area contributed by atoms with Crippen LogP contribution in [-0.4, -0.2) is 44.0 Å². The van der Waals surface area contributed by atoms with Crippen molar-refractivity contribution in [2.45, 2.75) is 6.42 Å². The Morgan fingerprint density at radius 1 is 1.18 bits per heavy atom. The molecule has 2 aromatic rings. The van der Waals surface area contributed by atoms with Crippen LogP contribution >= 0.6 is 0 Å². The maximum atomic E-state index is 5.47. The summed E-state index contributed by atoms with van der Waals surface area (Å²) >= 11 is 0. The lowest BCUT2D eigenvalue weighted by Crippen LogP contribution is -2.36. The van der Waals surface area contributed by atoms with Crippen molar-refractivity contribution in [3.63, 3.8) is 0 Å². The fourth-order valence-corrected chi connectivity index (χ4v) is 3.52. The van der Waals surface area contributed by atoms with Gasteiger partial charge in [-0.15, -0.1) is 0 Å². The minimum atomic E-state index is 0.830. The van der Waals surface area contributed by atoms with Crippen molar-refractivity contribution in [1.82, 2.24) is 9.88 Å². The van der Waals surface area contributed by atoms with Gasteiger partial charge >= 0.3 is 0 Å². The van der Waals surface area contributed by atoms with Crippen LogP contribution in [0.3, 0.4) is 0 Å². The van der Waals surface area contributed by atoms with Crippen LogP contribution in [0.15, 0.2) is 30.5 Å². The second-order valence-electron chi connectivity index (χ2n) is 6.14. The summed E-state index contributed by atoms with van der Waals surface area (Å²) in [6, 6.07) is 6.86. The van der Waals surface area contributed by atoms with Crippen molar-refractivity contribution in [3.05, 3.63) is 36.0 Å². The molecular formula is C18H23N3O. The molecule has 1 saturated heterocycles. The summed E-state index contributed by atoms with van der Waals surface area (Å²) in [4.78, 5) is 2.43. The van der Waals surface area contributed by atoms with Gasteiger partial charge in [0, 0.05) is 55.0 Å². The number of hydrogen-bond acceptors (Lipinski definition) is 3. The number of aromatic nitrogens is 1. The van der Waals surface area contributed by atoms with Gasteiger partial charge in [-0.25, -0.2) is 0 Å². The number of benzene rings is 1. The molecule has 0 saturated carbocycles. The minimum absolute atomic E-state index is 0.830. The third kappa shape index (κ3) is 2.42. The highest BCUT2D eigenvalue weighted by molar-refractivity contribution is 5.95. The van der Waals surface area contributed by atoms with Crippen LogP contribution in [0.5, 0.6) is 0 Å². The van der Waals surface area contributed by atoms with Gasteiger partial charge in [-0.1, -0.05) is 6.08 Å². The fourth-order valence-electron chi connectivity index (χ4n) is 3.52. The molecule has 4 heteroatoms. The van der Waals surface area contributed by atoms with Gasteiger partial charge in [0.1, 0.15) is 0 Å². The molecule has 0 amide bonds. The number of anilines is 1. The molecule has 1 aromatic heterocycles. The number of hydrogen-bond donors (Lipinski definition) is 1. The first-order chi connectivity index (χ1) is 10.8. The van der Waals surface area contributed by atoms with Gasteiger partial charge in [-0.05, 0) is 36.7 Å². The molecule has 1 aromatic carbocycles. The first-order valence-corrected chi connectivity index (χ1v) is 8.15. The highest BCUT2D eigenvalue weighted by Gasteiger charge is 2.16. The predicted octanol–water partition coefficient (Wildman–Crippen LogP) is 2.39. The van der Waals surface area contributed by atoms with Gasteiger partial charge in [-0.2, -0.15) is 0 Å². The zero-order valence-electron chi connectivity index (χ0n) is 13.1. The van der Waals surface area contributed by atoms with E-state index in [2.05, 4.69) is 52.3 Å². The third-order valence-electron chi connectivity index (χ3n) is 4.76. The Bertz CT molecular complexity index is 710. The van der Waals surface area contributed by atoms with Crippen LogP contribution in [0, 0.1) is 0 Å². The summed E-state index contributed by atoms with van der Waals surface area (Å²) in [7, 11) is 2.14. The summed E-state index contributed by atoms with van der Waals surface area (Å²) < 4.78 is 7.72. The second kappa shape index (κ2) is 5.78. The third-order valence-corrected chi connectivity index (χ3v) is 4.76. The Morgan fingerprint density at radius 3 is 2.82 bits per heavy atom. The first-order valence-electron chi connectivity index (χ1n) is 8.15. The van der Waals surface area contributed by atoms with E-state index in [4.69, 9.17) is 4.74 Å². The van der Waals surface area contributed by atoms with Crippen LogP contribution in [-0.2, 0) is 11.8 Å². The Hall–Kier alpha value is -1.78. The molecule has 3 heterocycles. The standard InChI is InChI=1S/C18H23N3O/c1-20-13-17(14-4-6-19-7-5-14)16-12-15(2-3-18(16)20)21-8-10-22-11-9-21/h2-4,12-13,19H,5-11H2,1H3. The molecule has 1 N–H and O–H groups in total. The molecule has 22 heavy (non-hydrogen) atoms. The molecule has 0 radical (unpaired) electrons. The maximum absolute atomic E-state index is 5.47. The van der Waals surface area contributed by atoms with Gasteiger partial charge < -0.3 is 19.5 Å². The van der Waals surface area contributed by atoms with E-state index in [9.17, 15) is 0 Å². The van der Waals surface area contributed by atoms with E-state index in [1.54, 1.807) is 0 Å². The molecule has 0 unspecified atom stereocenters. The minimum Gasteiger partial charge on any atom is -0.378 e. The van der Waals surface area contributed by atoms with Crippen LogP contribution in [0.4, 0.5) is 5.69 Å². The highest BCUT2D eigenvalue weighted by atomic mass is 16.5. The Kier molecular flexibility index (Phi) is 3.64.